The van der Waals surface area contributed by atoms with Crippen molar-refractivity contribution in [3.05, 3.63) is 0 Å². The number of ether oxygens (including phenoxy) is 1. The molecule has 1 heterocycles. The molecule has 0 bridgehead atoms. The molecule has 100 valence electrons. The maximum atomic E-state index is 6.04. The first kappa shape index (κ1) is 13.4. The largest absolute Gasteiger partial charge is 0.375 e. The van der Waals surface area contributed by atoms with Crippen LogP contribution in [-0.2, 0) is 4.74 Å². The van der Waals surface area contributed by atoms with E-state index in [4.69, 9.17) is 4.74 Å². The fourth-order valence-corrected chi connectivity index (χ4v) is 3.52. The second-order valence-electron chi connectivity index (χ2n) is 5.93. The van der Waals surface area contributed by atoms with Crippen LogP contribution in [0, 0.1) is 0 Å². The molecule has 2 fully saturated rings. The lowest BCUT2D eigenvalue weighted by molar-refractivity contribution is -0.0944. The third kappa shape index (κ3) is 3.45. The summed E-state index contributed by atoms with van der Waals surface area (Å²) in [6.45, 7) is 5.49. The molecule has 0 aromatic heterocycles. The molecule has 1 atom stereocenters. The fourth-order valence-electron chi connectivity index (χ4n) is 3.52. The van der Waals surface area contributed by atoms with Crippen molar-refractivity contribution in [1.29, 1.82) is 0 Å². The first-order valence-electron chi connectivity index (χ1n) is 7.68. The summed E-state index contributed by atoms with van der Waals surface area (Å²) >= 11 is 0. The van der Waals surface area contributed by atoms with Gasteiger partial charge in [0.2, 0.25) is 0 Å². The van der Waals surface area contributed by atoms with Gasteiger partial charge >= 0.3 is 0 Å². The van der Waals surface area contributed by atoms with Gasteiger partial charge in [-0.25, -0.2) is 0 Å². The van der Waals surface area contributed by atoms with E-state index in [9.17, 15) is 0 Å². The van der Waals surface area contributed by atoms with Crippen molar-refractivity contribution < 1.29 is 4.74 Å². The molecule has 1 aliphatic carbocycles. The van der Waals surface area contributed by atoms with Gasteiger partial charge in [-0.05, 0) is 38.5 Å². The molecule has 17 heavy (non-hydrogen) atoms. The summed E-state index contributed by atoms with van der Waals surface area (Å²) in [5.41, 5.74) is 0.171. The van der Waals surface area contributed by atoms with Gasteiger partial charge in [0.05, 0.1) is 5.60 Å². The Morgan fingerprint density at radius 2 is 1.71 bits per heavy atom. The van der Waals surface area contributed by atoms with Gasteiger partial charge in [-0.2, -0.15) is 0 Å². The van der Waals surface area contributed by atoms with Crippen LogP contribution in [0.4, 0.5) is 0 Å². The predicted octanol–water partition coefficient (Wildman–Crippen LogP) is 3.65. The van der Waals surface area contributed by atoms with E-state index in [1.807, 2.05) is 0 Å². The van der Waals surface area contributed by atoms with Crippen LogP contribution in [0.3, 0.4) is 0 Å². The topological polar surface area (TPSA) is 21.3 Å². The van der Waals surface area contributed by atoms with Gasteiger partial charge in [0.25, 0.3) is 0 Å². The van der Waals surface area contributed by atoms with Gasteiger partial charge in [-0.15, -0.1) is 0 Å². The zero-order chi connectivity index (χ0) is 12.1. The molecule has 1 saturated heterocycles. The zero-order valence-electron chi connectivity index (χ0n) is 11.6. The summed E-state index contributed by atoms with van der Waals surface area (Å²) in [6, 6.07) is 1.49. The van der Waals surface area contributed by atoms with E-state index >= 15 is 0 Å². The monoisotopic (exact) mass is 239 g/mol. The van der Waals surface area contributed by atoms with E-state index in [-0.39, 0.29) is 5.60 Å². The summed E-state index contributed by atoms with van der Waals surface area (Å²) in [5, 5.41) is 3.90. The van der Waals surface area contributed by atoms with Crippen molar-refractivity contribution in [2.75, 3.05) is 6.61 Å². The van der Waals surface area contributed by atoms with Gasteiger partial charge < -0.3 is 10.1 Å². The molecule has 2 aliphatic rings. The summed E-state index contributed by atoms with van der Waals surface area (Å²) in [7, 11) is 0. The molecule has 2 heteroatoms. The highest BCUT2D eigenvalue weighted by atomic mass is 16.5. The fraction of sp³-hybridized carbons (Fsp3) is 1.00. The van der Waals surface area contributed by atoms with Crippen molar-refractivity contribution in [3.8, 4) is 0 Å². The first-order chi connectivity index (χ1) is 8.28. The summed E-state index contributed by atoms with van der Waals surface area (Å²) in [6.07, 6.45) is 11.8. The van der Waals surface area contributed by atoms with E-state index in [2.05, 4.69) is 19.2 Å². The third-order valence-electron chi connectivity index (χ3n) is 4.86. The zero-order valence-corrected chi connectivity index (χ0v) is 11.6. The lowest BCUT2D eigenvalue weighted by Crippen LogP contribution is -2.49. The summed E-state index contributed by atoms with van der Waals surface area (Å²) in [4.78, 5) is 0. The quantitative estimate of drug-likeness (QED) is 0.808. The average Bonchev–Trinajstić information content (AvgIpc) is 2.40. The first-order valence-corrected chi connectivity index (χ1v) is 7.68. The highest BCUT2D eigenvalue weighted by molar-refractivity contribution is 4.89. The van der Waals surface area contributed by atoms with Crippen LogP contribution in [0.25, 0.3) is 0 Å². The van der Waals surface area contributed by atoms with Gasteiger partial charge in [0.15, 0.2) is 0 Å². The molecule has 1 saturated carbocycles. The second-order valence-corrected chi connectivity index (χ2v) is 5.93. The minimum Gasteiger partial charge on any atom is -0.375 e. The lowest BCUT2D eigenvalue weighted by Gasteiger charge is -2.42. The normalized spacial score (nSPS) is 30.4. The van der Waals surface area contributed by atoms with Crippen LogP contribution in [0.5, 0.6) is 0 Å². The Bertz CT molecular complexity index is 219. The third-order valence-corrected chi connectivity index (χ3v) is 4.86. The summed E-state index contributed by atoms with van der Waals surface area (Å²) in [5.74, 6) is 0. The van der Waals surface area contributed by atoms with Crippen LogP contribution in [-0.4, -0.2) is 24.3 Å². The van der Waals surface area contributed by atoms with Gasteiger partial charge in [-0.3, -0.25) is 0 Å². The molecule has 0 aromatic rings. The van der Waals surface area contributed by atoms with E-state index in [1.54, 1.807) is 0 Å². The van der Waals surface area contributed by atoms with Gasteiger partial charge in [0.1, 0.15) is 0 Å². The Morgan fingerprint density at radius 1 is 1.00 bits per heavy atom. The summed E-state index contributed by atoms with van der Waals surface area (Å²) < 4.78 is 6.04. The van der Waals surface area contributed by atoms with Crippen LogP contribution < -0.4 is 5.32 Å². The van der Waals surface area contributed by atoms with Crippen molar-refractivity contribution in [2.24, 2.45) is 0 Å². The van der Waals surface area contributed by atoms with Crippen LogP contribution in [0.2, 0.25) is 0 Å². The number of nitrogens with one attached hydrogen (secondary N) is 1. The number of hydrogen-bond acceptors (Lipinski definition) is 2. The number of hydrogen-bond donors (Lipinski definition) is 1. The molecule has 0 amide bonds. The highest BCUT2D eigenvalue weighted by Crippen LogP contribution is 2.32. The van der Waals surface area contributed by atoms with Crippen LogP contribution in [0.15, 0.2) is 0 Å². The minimum atomic E-state index is 0.171. The Labute approximate surface area is 107 Å². The Hall–Kier alpha value is -0.0800. The Balaban J connectivity index is 1.84. The van der Waals surface area contributed by atoms with Crippen molar-refractivity contribution in [1.82, 2.24) is 5.32 Å². The molecule has 1 aliphatic heterocycles. The molecule has 2 nitrogen and oxygen atoms in total. The van der Waals surface area contributed by atoms with Crippen molar-refractivity contribution in [2.45, 2.75) is 89.3 Å². The van der Waals surface area contributed by atoms with E-state index < -0.39 is 0 Å². The average molecular weight is 239 g/mol. The Kier molecular flexibility index (Phi) is 4.87. The van der Waals surface area contributed by atoms with Crippen LogP contribution >= 0.6 is 0 Å². The molecule has 0 spiro atoms. The molecule has 1 unspecified atom stereocenters. The van der Waals surface area contributed by atoms with E-state index in [1.165, 1.54) is 44.9 Å². The SMILES string of the molecule is CCC1(CC)CC(NC2CCCCC2)CCO1. The lowest BCUT2D eigenvalue weighted by atomic mass is 9.85. The van der Waals surface area contributed by atoms with E-state index in [0.29, 0.717) is 6.04 Å². The molecule has 0 aromatic carbocycles. The maximum Gasteiger partial charge on any atom is 0.0692 e. The Morgan fingerprint density at radius 3 is 2.35 bits per heavy atom. The standard InChI is InChI=1S/C15H29NO/c1-3-15(4-2)12-14(10-11-17-15)16-13-8-6-5-7-9-13/h13-14,16H,3-12H2,1-2H3. The molecule has 2 rings (SSSR count). The van der Waals surface area contributed by atoms with Gasteiger partial charge in [-0.1, -0.05) is 33.1 Å². The highest BCUT2D eigenvalue weighted by Gasteiger charge is 2.35. The van der Waals surface area contributed by atoms with Crippen molar-refractivity contribution in [3.63, 3.8) is 0 Å². The minimum absolute atomic E-state index is 0.171. The second kappa shape index (κ2) is 6.19. The molecular formula is C15H29NO. The number of rotatable bonds is 4. The molecule has 1 N–H and O–H groups in total. The van der Waals surface area contributed by atoms with Crippen LogP contribution in [0.1, 0.15) is 71.6 Å². The molecular weight excluding hydrogens is 210 g/mol. The molecule has 0 radical (unpaired) electrons. The van der Waals surface area contributed by atoms with E-state index in [0.717, 1.165) is 25.5 Å². The smallest absolute Gasteiger partial charge is 0.0692 e. The predicted molar refractivity (Wildman–Crippen MR) is 72.3 cm³/mol. The van der Waals surface area contributed by atoms with Crippen molar-refractivity contribution >= 4 is 0 Å². The maximum absolute atomic E-state index is 6.04. The van der Waals surface area contributed by atoms with Gasteiger partial charge in [0, 0.05) is 18.7 Å².